The normalized spacial score (nSPS) is 22.7. The van der Waals surface area contributed by atoms with E-state index in [4.69, 9.17) is 0 Å². The van der Waals surface area contributed by atoms with Gasteiger partial charge in [-0.25, -0.2) is 15.0 Å². The Balaban J connectivity index is 1.31. The molecule has 2 fully saturated rings. The molecule has 0 radical (unpaired) electrons. The number of aryl methyl sites for hydroxylation is 1. The van der Waals surface area contributed by atoms with Crippen LogP contribution in [0.4, 0.5) is 5.82 Å². The van der Waals surface area contributed by atoms with Crippen molar-refractivity contribution in [3.8, 4) is 11.3 Å². The van der Waals surface area contributed by atoms with E-state index in [2.05, 4.69) is 46.3 Å². The molecule has 0 aromatic carbocycles. The topological polar surface area (TPSA) is 176 Å². The Kier molecular flexibility index (Phi) is 6.66. The van der Waals surface area contributed by atoms with Gasteiger partial charge in [-0.1, -0.05) is 13.0 Å². The first-order valence-electron chi connectivity index (χ1n) is 13.2. The first-order valence-corrected chi connectivity index (χ1v) is 14.0. The van der Waals surface area contributed by atoms with E-state index in [1.54, 1.807) is 37.5 Å². The van der Waals surface area contributed by atoms with Crippen molar-refractivity contribution in [3.63, 3.8) is 0 Å². The number of anilines is 1. The molecule has 2 aliphatic rings. The Morgan fingerprint density at radius 2 is 1.90 bits per heavy atom. The van der Waals surface area contributed by atoms with Crippen molar-refractivity contribution in [2.75, 3.05) is 5.32 Å². The van der Waals surface area contributed by atoms with E-state index in [0.717, 1.165) is 0 Å². The van der Waals surface area contributed by atoms with Crippen molar-refractivity contribution < 1.29 is 24.6 Å². The molecule has 5 heterocycles. The van der Waals surface area contributed by atoms with Crippen LogP contribution in [0.2, 0.25) is 0 Å². The van der Waals surface area contributed by atoms with Crippen molar-refractivity contribution in [3.05, 3.63) is 58.5 Å². The second kappa shape index (κ2) is 10.00. The largest absolute Gasteiger partial charge is 0.392 e. The number of carbonyl (C=O) groups excluding carboxylic acids is 3. The van der Waals surface area contributed by atoms with Gasteiger partial charge in [-0.3, -0.25) is 24.0 Å². The number of aliphatic hydroxyl groups is 2. The average molecular weight is 635 g/mol. The van der Waals surface area contributed by atoms with Gasteiger partial charge in [-0.2, -0.15) is 5.10 Å². The van der Waals surface area contributed by atoms with Gasteiger partial charge in [0, 0.05) is 47.7 Å². The van der Waals surface area contributed by atoms with Gasteiger partial charge in [0.2, 0.25) is 11.8 Å². The molecule has 3 atom stereocenters. The third-order valence-electron chi connectivity index (χ3n) is 8.09. The molecule has 42 heavy (non-hydrogen) atoms. The summed E-state index contributed by atoms with van der Waals surface area (Å²) >= 11 is 3.26. The second-order valence-corrected chi connectivity index (χ2v) is 11.8. The number of halogens is 1. The number of fused-ring (bicyclic) bond motifs is 2. The summed E-state index contributed by atoms with van der Waals surface area (Å²) in [4.78, 5) is 58.2. The minimum absolute atomic E-state index is 0.159. The molecule has 1 saturated heterocycles. The van der Waals surface area contributed by atoms with Crippen LogP contribution in [0.25, 0.3) is 22.2 Å². The van der Waals surface area contributed by atoms with Crippen LogP contribution in [0.15, 0.2) is 41.4 Å². The zero-order valence-electron chi connectivity index (χ0n) is 23.0. The highest BCUT2D eigenvalue weighted by Crippen LogP contribution is 2.66. The van der Waals surface area contributed by atoms with Crippen LogP contribution in [0, 0.1) is 12.3 Å². The van der Waals surface area contributed by atoms with Gasteiger partial charge in [0.25, 0.3) is 0 Å². The Morgan fingerprint density at radius 3 is 2.60 bits per heavy atom. The average Bonchev–Trinajstić information content (AvgIpc) is 3.20. The molecule has 14 heteroatoms. The Morgan fingerprint density at radius 1 is 1.17 bits per heavy atom. The number of pyridine rings is 2. The minimum Gasteiger partial charge on any atom is -0.392 e. The maximum absolute atomic E-state index is 13.8. The third-order valence-corrected chi connectivity index (χ3v) is 8.53. The fourth-order valence-electron chi connectivity index (χ4n) is 5.72. The number of Topliss-reactive ketones (excluding diaryl/α,β-unsaturated/α-hetero) is 1. The van der Waals surface area contributed by atoms with Crippen molar-refractivity contribution in [2.45, 2.75) is 58.5 Å². The molecular weight excluding hydrogens is 608 g/mol. The number of carbonyl (C=O) groups is 3. The Hall–Kier alpha value is -4.14. The van der Waals surface area contributed by atoms with E-state index < -0.39 is 29.0 Å². The highest BCUT2D eigenvalue weighted by Gasteiger charge is 2.75. The van der Waals surface area contributed by atoms with Crippen molar-refractivity contribution in [2.24, 2.45) is 5.41 Å². The lowest BCUT2D eigenvalue weighted by molar-refractivity contribution is -0.151. The number of rotatable bonds is 7. The van der Waals surface area contributed by atoms with Gasteiger partial charge in [0.1, 0.15) is 40.3 Å². The van der Waals surface area contributed by atoms with E-state index in [-0.39, 0.29) is 36.9 Å². The summed E-state index contributed by atoms with van der Waals surface area (Å²) in [6.07, 6.45) is 5.37. The summed E-state index contributed by atoms with van der Waals surface area (Å²) in [5.74, 6) is -0.603. The number of hydrogen-bond donors (Lipinski definition) is 3. The molecule has 216 valence electrons. The molecule has 1 aliphatic heterocycles. The fourth-order valence-corrected chi connectivity index (χ4v) is 6.03. The lowest BCUT2D eigenvalue weighted by Gasteiger charge is -2.30. The fraction of sp³-hybridized carbons (Fsp3) is 0.357. The van der Waals surface area contributed by atoms with Gasteiger partial charge >= 0.3 is 0 Å². The first kappa shape index (κ1) is 28.0. The molecule has 1 aliphatic carbocycles. The molecule has 1 saturated carbocycles. The smallest absolute Gasteiger partial charge is 0.248 e. The SMILES string of the molecule is CC(=O)c1nn(CC(=O)N2[C@H](C(=O)Nc3nc(Br)ccc3CO)C[C@@]3(C)C[C@@]23O)c2cnc(-c3cnc(C)nc3)cc12. The molecule has 13 nitrogen and oxygen atoms in total. The number of likely N-dealkylation sites (tertiary alicyclic amines) is 1. The van der Waals surface area contributed by atoms with E-state index >= 15 is 0 Å². The summed E-state index contributed by atoms with van der Waals surface area (Å²) in [7, 11) is 0. The summed E-state index contributed by atoms with van der Waals surface area (Å²) in [6.45, 7) is 4.31. The summed E-state index contributed by atoms with van der Waals surface area (Å²) in [5, 5.41) is 28.7. The highest BCUT2D eigenvalue weighted by molar-refractivity contribution is 9.10. The molecule has 0 bridgehead atoms. The predicted octanol–water partition coefficient (Wildman–Crippen LogP) is 2.39. The van der Waals surface area contributed by atoms with Crippen LogP contribution < -0.4 is 5.32 Å². The van der Waals surface area contributed by atoms with Crippen LogP contribution in [0.3, 0.4) is 0 Å². The summed E-state index contributed by atoms with van der Waals surface area (Å²) < 4.78 is 1.83. The molecule has 3 N–H and O–H groups in total. The van der Waals surface area contributed by atoms with Gasteiger partial charge in [-0.05, 0) is 41.4 Å². The lowest BCUT2D eigenvalue weighted by Crippen LogP contribution is -2.51. The first-order chi connectivity index (χ1) is 19.9. The van der Waals surface area contributed by atoms with Crippen LogP contribution in [-0.2, 0) is 22.7 Å². The van der Waals surface area contributed by atoms with Gasteiger partial charge in [0.15, 0.2) is 5.78 Å². The molecule has 4 aromatic rings. The lowest BCUT2D eigenvalue weighted by atomic mass is 10.0. The zero-order chi connectivity index (χ0) is 30.0. The van der Waals surface area contributed by atoms with E-state index in [1.807, 2.05) is 6.92 Å². The van der Waals surface area contributed by atoms with Crippen LogP contribution in [0.5, 0.6) is 0 Å². The zero-order valence-corrected chi connectivity index (χ0v) is 24.6. The summed E-state index contributed by atoms with van der Waals surface area (Å²) in [6, 6.07) is 3.97. The minimum atomic E-state index is -1.50. The maximum Gasteiger partial charge on any atom is 0.248 e. The van der Waals surface area contributed by atoms with Crippen molar-refractivity contribution in [1.82, 2.24) is 34.6 Å². The number of nitrogens with one attached hydrogen (secondary N) is 1. The Bertz CT molecular complexity index is 1780. The second-order valence-electron chi connectivity index (χ2n) is 11.0. The van der Waals surface area contributed by atoms with Crippen LogP contribution in [-0.4, -0.2) is 74.2 Å². The van der Waals surface area contributed by atoms with Crippen LogP contribution in [0.1, 0.15) is 48.6 Å². The monoisotopic (exact) mass is 634 g/mol. The van der Waals surface area contributed by atoms with E-state index in [9.17, 15) is 24.6 Å². The van der Waals surface area contributed by atoms with Crippen molar-refractivity contribution in [1.29, 1.82) is 0 Å². The van der Waals surface area contributed by atoms with Gasteiger partial charge in [-0.15, -0.1) is 0 Å². The number of amides is 2. The number of hydrogen-bond acceptors (Lipinski definition) is 10. The third kappa shape index (κ3) is 4.55. The predicted molar refractivity (Wildman–Crippen MR) is 153 cm³/mol. The van der Waals surface area contributed by atoms with E-state index in [0.29, 0.717) is 44.6 Å². The van der Waals surface area contributed by atoms with Crippen LogP contribution >= 0.6 is 15.9 Å². The molecule has 0 unspecified atom stereocenters. The number of nitrogens with zero attached hydrogens (tertiary/aromatic N) is 7. The van der Waals surface area contributed by atoms with Gasteiger partial charge < -0.3 is 20.4 Å². The van der Waals surface area contributed by atoms with Gasteiger partial charge in [0.05, 0.1) is 24.0 Å². The maximum atomic E-state index is 13.8. The van der Waals surface area contributed by atoms with Crippen molar-refractivity contribution >= 4 is 50.2 Å². The standard InChI is InChI=1S/C28H27BrN8O5/c1-14(39)24-18-6-19(17-8-30-15(2)31-9-17)32-10-21(18)36(35-24)11-23(40)37-20(7-27(3)13-28(27,37)42)26(41)34-25-16(12-38)4-5-22(29)33-25/h4-6,8-10,20,38,42H,7,11-13H2,1-3H3,(H,33,34,41)/t20-,27-,28-/m0/s1. The molecule has 6 rings (SSSR count). The molecule has 0 spiro atoms. The summed E-state index contributed by atoms with van der Waals surface area (Å²) in [5.41, 5.74) is 0.0591. The van der Waals surface area contributed by atoms with E-state index in [1.165, 1.54) is 22.7 Å². The number of ketones is 1. The Labute approximate surface area is 248 Å². The molecular formula is C28H27BrN8O5. The molecule has 4 aromatic heterocycles. The highest BCUT2D eigenvalue weighted by atomic mass is 79.9. The number of piperidine rings is 1. The number of aromatic nitrogens is 6. The molecule has 2 amide bonds. The quantitative estimate of drug-likeness (QED) is 0.202. The number of aliphatic hydroxyl groups excluding tert-OH is 1.